The molecular formula is C20H24N2O4. The van der Waals surface area contributed by atoms with Gasteiger partial charge in [0.25, 0.3) is 0 Å². The summed E-state index contributed by atoms with van der Waals surface area (Å²) in [6, 6.07) is 0. The highest BCUT2D eigenvalue weighted by atomic mass is 16.2. The molecular weight excluding hydrogens is 332 g/mol. The van der Waals surface area contributed by atoms with Gasteiger partial charge in [-0.15, -0.1) is 0 Å². The van der Waals surface area contributed by atoms with Gasteiger partial charge in [0.05, 0.1) is 0 Å². The molecule has 6 heteroatoms. The zero-order valence-corrected chi connectivity index (χ0v) is 15.0. The summed E-state index contributed by atoms with van der Waals surface area (Å²) < 4.78 is 0. The summed E-state index contributed by atoms with van der Waals surface area (Å²) in [5, 5.41) is 0. The summed E-state index contributed by atoms with van der Waals surface area (Å²) in [6.45, 7) is 0.809. The highest BCUT2D eigenvalue weighted by Crippen LogP contribution is 2.53. The minimum absolute atomic E-state index is 0.172. The van der Waals surface area contributed by atoms with Crippen LogP contribution < -0.4 is 0 Å². The first-order valence-electron chi connectivity index (χ1n) is 10.0. The molecule has 0 bridgehead atoms. The quantitative estimate of drug-likeness (QED) is 0.491. The summed E-state index contributed by atoms with van der Waals surface area (Å²) in [5.41, 5.74) is -1.94. The van der Waals surface area contributed by atoms with Crippen molar-refractivity contribution in [2.75, 3.05) is 13.1 Å². The fraction of sp³-hybridized carbons (Fsp3) is 0.700. The smallest absolute Gasteiger partial charge is 0.242 e. The molecule has 5 rings (SSSR count). The first kappa shape index (κ1) is 16.2. The maximum Gasteiger partial charge on any atom is 0.242 e. The molecule has 0 atom stereocenters. The number of carbonyl (C=O) groups excluding carboxylic acids is 4. The Bertz CT molecular complexity index is 707. The molecule has 3 aliphatic heterocycles. The van der Waals surface area contributed by atoms with Crippen molar-refractivity contribution in [2.45, 2.75) is 64.2 Å². The van der Waals surface area contributed by atoms with Crippen LogP contribution in [0.4, 0.5) is 0 Å². The number of ketones is 2. The molecule has 0 N–H and O–H groups in total. The second kappa shape index (κ2) is 5.27. The Labute approximate surface area is 152 Å². The molecule has 0 aromatic heterocycles. The van der Waals surface area contributed by atoms with Crippen LogP contribution in [0.15, 0.2) is 11.4 Å². The van der Waals surface area contributed by atoms with Gasteiger partial charge >= 0.3 is 0 Å². The summed E-state index contributed by atoms with van der Waals surface area (Å²) in [4.78, 5) is 56.7. The molecule has 3 heterocycles. The van der Waals surface area contributed by atoms with E-state index in [4.69, 9.17) is 0 Å². The minimum atomic E-state index is -1.06. The van der Waals surface area contributed by atoms with E-state index in [2.05, 4.69) is 0 Å². The maximum absolute atomic E-state index is 13.5. The fourth-order valence-corrected chi connectivity index (χ4v) is 5.91. The van der Waals surface area contributed by atoms with Crippen molar-refractivity contribution in [1.29, 1.82) is 0 Å². The topological polar surface area (TPSA) is 74.8 Å². The van der Waals surface area contributed by atoms with E-state index in [1.807, 2.05) is 0 Å². The van der Waals surface area contributed by atoms with Gasteiger partial charge in [-0.25, -0.2) is 0 Å². The standard InChI is InChI=1S/C20H24N2O4/c23-14-13-15(24)20(9-5-2-6-10-20)18(26)22-12-11-21(16(13)22)17(25)19(14)7-3-1-4-8-19/h1-12H2. The lowest BCUT2D eigenvalue weighted by atomic mass is 9.61. The molecule has 2 amide bonds. The van der Waals surface area contributed by atoms with Crippen molar-refractivity contribution in [1.82, 2.24) is 9.80 Å². The van der Waals surface area contributed by atoms with Gasteiger partial charge in [0.15, 0.2) is 11.6 Å². The lowest BCUT2D eigenvalue weighted by molar-refractivity contribution is -0.157. The average Bonchev–Trinajstić information content (AvgIpc) is 3.11. The molecule has 6 nitrogen and oxygen atoms in total. The van der Waals surface area contributed by atoms with Crippen LogP contribution >= 0.6 is 0 Å². The Kier molecular flexibility index (Phi) is 3.29. The van der Waals surface area contributed by atoms with Gasteiger partial charge < -0.3 is 0 Å². The second-order valence-electron chi connectivity index (χ2n) is 8.56. The van der Waals surface area contributed by atoms with E-state index in [0.717, 1.165) is 38.5 Å². The molecule has 0 radical (unpaired) electrons. The van der Waals surface area contributed by atoms with Crippen LogP contribution in [0, 0.1) is 10.8 Å². The fourth-order valence-electron chi connectivity index (χ4n) is 5.91. The van der Waals surface area contributed by atoms with Crippen molar-refractivity contribution in [3.05, 3.63) is 11.4 Å². The molecule has 3 fully saturated rings. The number of allylic oxidation sites excluding steroid dienone is 1. The molecule has 0 unspecified atom stereocenters. The van der Waals surface area contributed by atoms with Crippen LogP contribution in [0.25, 0.3) is 0 Å². The Morgan fingerprint density at radius 3 is 1.35 bits per heavy atom. The van der Waals surface area contributed by atoms with Gasteiger partial charge in [0.1, 0.15) is 22.2 Å². The molecule has 26 heavy (non-hydrogen) atoms. The molecule has 2 aliphatic carbocycles. The van der Waals surface area contributed by atoms with Crippen molar-refractivity contribution in [2.24, 2.45) is 10.8 Å². The van der Waals surface area contributed by atoms with Crippen molar-refractivity contribution < 1.29 is 19.2 Å². The number of rotatable bonds is 0. The Morgan fingerprint density at radius 2 is 0.962 bits per heavy atom. The van der Waals surface area contributed by atoms with Crippen LogP contribution in [-0.4, -0.2) is 46.3 Å². The van der Waals surface area contributed by atoms with Gasteiger partial charge in [0, 0.05) is 13.1 Å². The van der Waals surface area contributed by atoms with Crippen molar-refractivity contribution >= 4 is 23.4 Å². The summed E-state index contributed by atoms with van der Waals surface area (Å²) in [6.07, 6.45) is 7.56. The van der Waals surface area contributed by atoms with E-state index in [0.29, 0.717) is 44.6 Å². The maximum atomic E-state index is 13.5. The van der Waals surface area contributed by atoms with Gasteiger partial charge in [0.2, 0.25) is 11.8 Å². The van der Waals surface area contributed by atoms with E-state index in [1.165, 1.54) is 0 Å². The third kappa shape index (κ3) is 1.73. The van der Waals surface area contributed by atoms with Gasteiger partial charge in [-0.2, -0.15) is 0 Å². The molecule has 5 aliphatic rings. The van der Waals surface area contributed by atoms with Crippen LogP contribution in [0.2, 0.25) is 0 Å². The molecule has 1 saturated heterocycles. The summed E-state index contributed by atoms with van der Waals surface area (Å²) >= 11 is 0. The molecule has 0 aromatic rings. The van der Waals surface area contributed by atoms with Crippen LogP contribution in [-0.2, 0) is 19.2 Å². The highest BCUT2D eigenvalue weighted by molar-refractivity contribution is 6.35. The predicted octanol–water partition coefficient (Wildman–Crippen LogP) is 1.94. The third-order valence-electron chi connectivity index (χ3n) is 7.33. The number of hydrogen-bond acceptors (Lipinski definition) is 4. The number of carbonyl (C=O) groups is 4. The Morgan fingerprint density at radius 1 is 0.577 bits per heavy atom. The summed E-state index contributed by atoms with van der Waals surface area (Å²) in [5.74, 6) is -0.625. The van der Waals surface area contributed by atoms with E-state index in [9.17, 15) is 19.2 Å². The van der Waals surface area contributed by atoms with E-state index in [1.54, 1.807) is 9.80 Å². The summed E-state index contributed by atoms with van der Waals surface area (Å²) in [7, 11) is 0. The monoisotopic (exact) mass is 356 g/mol. The zero-order valence-electron chi connectivity index (χ0n) is 15.0. The first-order chi connectivity index (χ1) is 12.5. The van der Waals surface area contributed by atoms with Crippen molar-refractivity contribution in [3.63, 3.8) is 0 Å². The normalized spacial score (nSPS) is 29.8. The molecule has 2 saturated carbocycles. The minimum Gasteiger partial charge on any atom is -0.295 e. The number of amides is 2. The lowest BCUT2D eigenvalue weighted by Gasteiger charge is -2.48. The van der Waals surface area contributed by atoms with Crippen LogP contribution in [0.5, 0.6) is 0 Å². The molecule has 138 valence electrons. The molecule has 0 aromatic carbocycles. The third-order valence-corrected chi connectivity index (χ3v) is 7.33. The van der Waals surface area contributed by atoms with E-state index >= 15 is 0 Å². The lowest BCUT2D eigenvalue weighted by Crippen LogP contribution is -2.61. The van der Waals surface area contributed by atoms with E-state index in [-0.39, 0.29) is 29.0 Å². The van der Waals surface area contributed by atoms with Crippen molar-refractivity contribution in [3.8, 4) is 0 Å². The number of hydrogen-bond donors (Lipinski definition) is 0. The predicted molar refractivity (Wildman–Crippen MR) is 91.5 cm³/mol. The van der Waals surface area contributed by atoms with Gasteiger partial charge in [-0.3, -0.25) is 29.0 Å². The van der Waals surface area contributed by atoms with Crippen LogP contribution in [0.3, 0.4) is 0 Å². The number of nitrogens with zero attached hydrogens (tertiary/aromatic N) is 2. The van der Waals surface area contributed by atoms with Gasteiger partial charge in [-0.05, 0) is 25.7 Å². The van der Waals surface area contributed by atoms with E-state index < -0.39 is 10.8 Å². The Balaban J connectivity index is 1.69. The number of Topliss-reactive ketones (excluding diaryl/α,β-unsaturated/α-hetero) is 2. The average molecular weight is 356 g/mol. The largest absolute Gasteiger partial charge is 0.295 e. The van der Waals surface area contributed by atoms with Gasteiger partial charge in [-0.1, -0.05) is 38.5 Å². The Hall–Kier alpha value is -1.98. The second-order valence-corrected chi connectivity index (χ2v) is 8.56. The molecule has 2 spiro atoms. The van der Waals surface area contributed by atoms with Crippen LogP contribution in [0.1, 0.15) is 64.2 Å². The zero-order chi connectivity index (χ0) is 18.1. The highest BCUT2D eigenvalue weighted by Gasteiger charge is 2.64. The first-order valence-corrected chi connectivity index (χ1v) is 10.0. The SMILES string of the molecule is O=C1C2=C3N(CCN3C(=O)C3(CCCCC3)C2=O)C(=O)C12CCCCC2.